The van der Waals surface area contributed by atoms with Gasteiger partial charge in [-0.3, -0.25) is 4.79 Å². The van der Waals surface area contributed by atoms with Gasteiger partial charge in [-0.05, 0) is 17.7 Å². The second-order valence-electron chi connectivity index (χ2n) is 3.71. The van der Waals surface area contributed by atoms with E-state index in [-0.39, 0.29) is 30.8 Å². The van der Waals surface area contributed by atoms with Crippen LogP contribution < -0.4 is 11.1 Å². The normalized spacial score (nSPS) is 10.3. The van der Waals surface area contributed by atoms with E-state index in [0.717, 1.165) is 0 Å². The Morgan fingerprint density at radius 3 is 3.00 bits per heavy atom. The lowest BCUT2D eigenvalue weighted by Crippen LogP contribution is -2.27. The molecule has 1 amide bonds. The molecule has 7 heteroatoms. The zero-order valence-electron chi connectivity index (χ0n) is 9.51. The molecule has 1 heterocycles. The molecule has 18 heavy (non-hydrogen) atoms. The number of benzene rings is 1. The van der Waals surface area contributed by atoms with Crippen LogP contribution in [-0.4, -0.2) is 20.7 Å². The van der Waals surface area contributed by atoms with Crippen molar-refractivity contribution in [3.05, 3.63) is 42.0 Å². The Kier molecular flexibility index (Phi) is 3.52. The number of hydrogen-bond acceptors (Lipinski definition) is 4. The molecule has 0 saturated heterocycles. The molecule has 0 atom stereocenters. The summed E-state index contributed by atoms with van der Waals surface area (Å²) < 4.78 is 14.2. The Morgan fingerprint density at radius 1 is 1.50 bits per heavy atom. The lowest BCUT2D eigenvalue weighted by atomic mass is 10.2. The van der Waals surface area contributed by atoms with Crippen LogP contribution in [0.15, 0.2) is 30.6 Å². The predicted molar refractivity (Wildman–Crippen MR) is 62.7 cm³/mol. The third kappa shape index (κ3) is 3.27. The topological polar surface area (TPSA) is 85.8 Å². The molecule has 0 aliphatic heterocycles. The van der Waals surface area contributed by atoms with E-state index in [9.17, 15) is 9.18 Å². The minimum absolute atomic E-state index is 0.0273. The quantitative estimate of drug-likeness (QED) is 0.816. The smallest absolute Gasteiger partial charge is 0.242 e. The largest absolute Gasteiger partial charge is 0.367 e. The van der Waals surface area contributed by atoms with Crippen molar-refractivity contribution in [2.75, 3.05) is 5.73 Å². The van der Waals surface area contributed by atoms with Gasteiger partial charge in [0.05, 0.1) is 0 Å². The Balaban J connectivity index is 1.85. The molecule has 0 bridgehead atoms. The van der Waals surface area contributed by atoms with Gasteiger partial charge in [0.2, 0.25) is 11.9 Å². The molecule has 1 aromatic heterocycles. The molecule has 2 aromatic rings. The standard InChI is InChI=1S/C11H12FN5O/c12-9-3-1-2-8(4-9)5-14-10(18)6-17-7-15-11(13)16-17/h1-4,7H,5-6H2,(H2,13,16)(H,14,18). The average Bonchev–Trinajstić information content (AvgIpc) is 2.72. The summed E-state index contributed by atoms with van der Waals surface area (Å²) in [7, 11) is 0. The number of nitrogen functional groups attached to an aromatic ring is 1. The fraction of sp³-hybridized carbons (Fsp3) is 0.182. The first-order valence-electron chi connectivity index (χ1n) is 5.29. The summed E-state index contributed by atoms with van der Waals surface area (Å²) in [5.41, 5.74) is 6.02. The van der Waals surface area contributed by atoms with E-state index in [1.165, 1.54) is 23.1 Å². The maximum Gasteiger partial charge on any atom is 0.242 e. The lowest BCUT2D eigenvalue weighted by Gasteiger charge is -2.05. The number of halogens is 1. The number of anilines is 1. The van der Waals surface area contributed by atoms with Crippen LogP contribution in [0, 0.1) is 5.82 Å². The number of rotatable bonds is 4. The van der Waals surface area contributed by atoms with E-state index in [2.05, 4.69) is 15.4 Å². The third-order valence-corrected chi connectivity index (χ3v) is 2.24. The van der Waals surface area contributed by atoms with E-state index in [1.807, 2.05) is 0 Å². The number of nitrogens with zero attached hydrogens (tertiary/aromatic N) is 3. The predicted octanol–water partition coefficient (Wildman–Crippen LogP) is 0.316. The zero-order chi connectivity index (χ0) is 13.0. The van der Waals surface area contributed by atoms with Crippen LogP contribution in [0.5, 0.6) is 0 Å². The second kappa shape index (κ2) is 5.26. The molecule has 0 spiro atoms. The molecular formula is C11H12FN5O. The Morgan fingerprint density at radius 2 is 2.33 bits per heavy atom. The maximum atomic E-state index is 12.9. The Bertz CT molecular complexity index is 554. The number of hydrogen-bond donors (Lipinski definition) is 2. The number of aromatic nitrogens is 3. The van der Waals surface area contributed by atoms with Gasteiger partial charge in [-0.2, -0.15) is 0 Å². The summed E-state index contributed by atoms with van der Waals surface area (Å²) in [6.45, 7) is 0.292. The minimum Gasteiger partial charge on any atom is -0.367 e. The summed E-state index contributed by atoms with van der Waals surface area (Å²) in [5.74, 6) is -0.456. The molecule has 2 rings (SSSR count). The monoisotopic (exact) mass is 249 g/mol. The molecule has 0 unspecified atom stereocenters. The molecule has 6 nitrogen and oxygen atoms in total. The molecule has 3 N–H and O–H groups in total. The lowest BCUT2D eigenvalue weighted by molar-refractivity contribution is -0.122. The van der Waals surface area contributed by atoms with Crippen molar-refractivity contribution in [2.24, 2.45) is 0 Å². The highest BCUT2D eigenvalue weighted by molar-refractivity contribution is 5.75. The Hall–Kier alpha value is -2.44. The summed E-state index contributed by atoms with van der Waals surface area (Å²) in [6, 6.07) is 6.04. The van der Waals surface area contributed by atoms with Crippen molar-refractivity contribution >= 4 is 11.9 Å². The summed E-state index contributed by atoms with van der Waals surface area (Å²) >= 11 is 0. The zero-order valence-corrected chi connectivity index (χ0v) is 9.51. The second-order valence-corrected chi connectivity index (χ2v) is 3.71. The van der Waals surface area contributed by atoms with Crippen LogP contribution in [-0.2, 0) is 17.9 Å². The van der Waals surface area contributed by atoms with E-state index >= 15 is 0 Å². The number of nitrogens with one attached hydrogen (secondary N) is 1. The van der Waals surface area contributed by atoms with Crippen LogP contribution >= 0.6 is 0 Å². The van der Waals surface area contributed by atoms with Gasteiger partial charge in [0.25, 0.3) is 0 Å². The summed E-state index contributed by atoms with van der Waals surface area (Å²) in [4.78, 5) is 15.2. The first-order valence-corrected chi connectivity index (χ1v) is 5.29. The van der Waals surface area contributed by atoms with Crippen molar-refractivity contribution in [1.82, 2.24) is 20.1 Å². The van der Waals surface area contributed by atoms with Crippen molar-refractivity contribution in [3.8, 4) is 0 Å². The highest BCUT2D eigenvalue weighted by Gasteiger charge is 2.04. The van der Waals surface area contributed by atoms with Crippen LogP contribution in [0.3, 0.4) is 0 Å². The molecular weight excluding hydrogens is 237 g/mol. The summed E-state index contributed by atoms with van der Waals surface area (Å²) in [6.07, 6.45) is 1.37. The van der Waals surface area contributed by atoms with Gasteiger partial charge in [-0.1, -0.05) is 12.1 Å². The molecule has 0 fully saturated rings. The highest BCUT2D eigenvalue weighted by Crippen LogP contribution is 2.02. The van der Waals surface area contributed by atoms with Crippen molar-refractivity contribution in [2.45, 2.75) is 13.1 Å². The molecule has 0 aliphatic rings. The van der Waals surface area contributed by atoms with Gasteiger partial charge in [0.15, 0.2) is 0 Å². The van der Waals surface area contributed by atoms with Gasteiger partial charge in [-0.25, -0.2) is 14.1 Å². The highest BCUT2D eigenvalue weighted by atomic mass is 19.1. The number of carbonyl (C=O) groups excluding carboxylic acids is 1. The third-order valence-electron chi connectivity index (χ3n) is 2.24. The van der Waals surface area contributed by atoms with Gasteiger partial charge < -0.3 is 11.1 Å². The van der Waals surface area contributed by atoms with Crippen LogP contribution in [0.25, 0.3) is 0 Å². The van der Waals surface area contributed by atoms with Crippen LogP contribution in [0.1, 0.15) is 5.56 Å². The average molecular weight is 249 g/mol. The summed E-state index contributed by atoms with van der Waals surface area (Å²) in [5, 5.41) is 6.43. The van der Waals surface area contributed by atoms with Gasteiger partial charge in [-0.15, -0.1) is 5.10 Å². The van der Waals surface area contributed by atoms with Crippen molar-refractivity contribution in [1.29, 1.82) is 0 Å². The molecule has 94 valence electrons. The number of carbonyl (C=O) groups is 1. The molecule has 0 aliphatic carbocycles. The Labute approximate surface area is 103 Å². The fourth-order valence-corrected chi connectivity index (χ4v) is 1.44. The number of nitrogens with two attached hydrogens (primary N) is 1. The fourth-order valence-electron chi connectivity index (χ4n) is 1.44. The van der Waals surface area contributed by atoms with Crippen molar-refractivity contribution < 1.29 is 9.18 Å². The molecule has 0 saturated carbocycles. The first kappa shape index (κ1) is 12.0. The number of amides is 1. The first-order chi connectivity index (χ1) is 8.63. The minimum atomic E-state index is -0.328. The van der Waals surface area contributed by atoms with E-state index in [0.29, 0.717) is 5.56 Å². The molecule has 0 radical (unpaired) electrons. The van der Waals surface area contributed by atoms with Gasteiger partial charge in [0.1, 0.15) is 18.7 Å². The SMILES string of the molecule is Nc1ncn(CC(=O)NCc2cccc(F)c2)n1. The van der Waals surface area contributed by atoms with Crippen molar-refractivity contribution in [3.63, 3.8) is 0 Å². The van der Waals surface area contributed by atoms with Crippen LogP contribution in [0.2, 0.25) is 0 Å². The van der Waals surface area contributed by atoms with Gasteiger partial charge >= 0.3 is 0 Å². The van der Waals surface area contributed by atoms with E-state index in [1.54, 1.807) is 12.1 Å². The van der Waals surface area contributed by atoms with Gasteiger partial charge in [0, 0.05) is 6.54 Å². The molecule has 1 aromatic carbocycles. The van der Waals surface area contributed by atoms with E-state index < -0.39 is 0 Å². The maximum absolute atomic E-state index is 12.9. The van der Waals surface area contributed by atoms with Crippen LogP contribution in [0.4, 0.5) is 10.3 Å². The van der Waals surface area contributed by atoms with E-state index in [4.69, 9.17) is 5.73 Å².